The molecule has 2 aliphatic heterocycles. The molecule has 4 amide bonds. The van der Waals surface area contributed by atoms with E-state index in [-0.39, 0.29) is 34.8 Å². The van der Waals surface area contributed by atoms with Crippen LogP contribution in [0, 0.1) is 23.7 Å². The summed E-state index contributed by atoms with van der Waals surface area (Å²) in [5, 5.41) is 12.2. The second-order valence-electron chi connectivity index (χ2n) is 13.0. The Bertz CT molecular complexity index is 1910. The minimum absolute atomic E-state index is 0.0902. The number of ether oxygens (including phenoxy) is 2. The summed E-state index contributed by atoms with van der Waals surface area (Å²) in [7, 11) is 2.98. The van der Waals surface area contributed by atoms with Crippen molar-refractivity contribution in [1.82, 2.24) is 9.91 Å². The van der Waals surface area contributed by atoms with Crippen LogP contribution in [0.5, 0.6) is 17.2 Å². The number of carbonyl (C=O) groups excluding carboxylic acids is 4. The van der Waals surface area contributed by atoms with Crippen molar-refractivity contribution in [2.24, 2.45) is 23.7 Å². The van der Waals surface area contributed by atoms with Crippen LogP contribution in [0.3, 0.4) is 0 Å². The lowest BCUT2D eigenvalue weighted by Gasteiger charge is -2.50. The van der Waals surface area contributed by atoms with Crippen molar-refractivity contribution >= 4 is 52.5 Å². The zero-order valence-corrected chi connectivity index (χ0v) is 28.6. The number of anilines is 1. The summed E-state index contributed by atoms with van der Waals surface area (Å²) < 4.78 is 11.0. The maximum absolute atomic E-state index is 15.3. The number of rotatable bonds is 8. The molecular weight excluding hydrogens is 669 g/mol. The molecule has 3 aromatic carbocycles. The third-order valence-corrected chi connectivity index (χ3v) is 11.2. The number of allylic oxidation sites excluding steroid dienone is 2. The summed E-state index contributed by atoms with van der Waals surface area (Å²) >= 11 is 12.7. The van der Waals surface area contributed by atoms with Gasteiger partial charge in [0.05, 0.1) is 48.1 Å². The summed E-state index contributed by atoms with van der Waals surface area (Å²) in [6.07, 6.45) is 3.09. The molecule has 0 unspecified atom stereocenters. The molecule has 1 saturated carbocycles. The predicted octanol–water partition coefficient (Wildman–Crippen LogP) is 6.11. The molecule has 3 aromatic rings. The smallest absolute Gasteiger partial charge is 0.260 e. The highest BCUT2D eigenvalue weighted by molar-refractivity contribution is 6.36. The van der Waals surface area contributed by atoms with E-state index in [1.165, 1.54) is 24.1 Å². The van der Waals surface area contributed by atoms with Gasteiger partial charge in [0.15, 0.2) is 11.5 Å². The van der Waals surface area contributed by atoms with Gasteiger partial charge in [0, 0.05) is 17.5 Å². The summed E-state index contributed by atoms with van der Waals surface area (Å²) in [5.41, 5.74) is 3.76. The number of hydrogen-bond donors (Lipinski definition) is 2. The Kier molecular flexibility index (Phi) is 8.35. The SMILES string of the molecule is CCCN1C(=O)[C@H]2[C@H](CC=C3[C@H]2C[C@H]2C(=O)N(Nc4ccc(Cl)cc4Cl)C(=O)[C@@]2(c2ccc(OC)cc2)[C@H]3c2ccc(O)c(OC)c2)C1=O. The molecule has 3 fully saturated rings. The summed E-state index contributed by atoms with van der Waals surface area (Å²) in [6.45, 7) is 2.24. The van der Waals surface area contributed by atoms with E-state index in [1.807, 2.05) is 13.0 Å². The Labute approximate surface area is 293 Å². The number of hydrazine groups is 1. The number of methoxy groups -OCH3 is 2. The molecule has 6 atom stereocenters. The van der Waals surface area contributed by atoms with Crippen molar-refractivity contribution < 1.29 is 33.8 Å². The third kappa shape index (κ3) is 4.90. The molecule has 0 bridgehead atoms. The number of fused-ring (bicyclic) bond motifs is 4. The van der Waals surface area contributed by atoms with E-state index in [4.69, 9.17) is 32.7 Å². The number of phenols is 1. The number of aromatic hydroxyl groups is 1. The van der Waals surface area contributed by atoms with Gasteiger partial charge in [-0.3, -0.25) is 29.5 Å². The predicted molar refractivity (Wildman–Crippen MR) is 182 cm³/mol. The topological polar surface area (TPSA) is 125 Å². The number of benzene rings is 3. The van der Waals surface area contributed by atoms with Crippen molar-refractivity contribution in [1.29, 1.82) is 0 Å². The van der Waals surface area contributed by atoms with E-state index >= 15 is 4.79 Å². The van der Waals surface area contributed by atoms with Crippen LogP contribution >= 0.6 is 23.2 Å². The van der Waals surface area contributed by atoms with Crippen LogP contribution in [0.15, 0.2) is 72.3 Å². The zero-order valence-electron chi connectivity index (χ0n) is 27.1. The van der Waals surface area contributed by atoms with Crippen molar-refractivity contribution in [2.75, 3.05) is 26.2 Å². The molecule has 2 saturated heterocycles. The number of amides is 4. The number of nitrogens with zero attached hydrogens (tertiary/aromatic N) is 2. The Morgan fingerprint density at radius 3 is 2.35 bits per heavy atom. The first-order valence-corrected chi connectivity index (χ1v) is 17.0. The van der Waals surface area contributed by atoms with Gasteiger partial charge in [-0.15, -0.1) is 0 Å². The van der Waals surface area contributed by atoms with Crippen LogP contribution in [0.2, 0.25) is 10.0 Å². The first kappa shape index (κ1) is 33.0. The Hall–Kier alpha value is -4.54. The molecule has 7 rings (SSSR count). The molecule has 0 radical (unpaired) electrons. The van der Waals surface area contributed by atoms with Crippen molar-refractivity contribution in [3.05, 3.63) is 93.5 Å². The van der Waals surface area contributed by atoms with Crippen molar-refractivity contribution in [3.63, 3.8) is 0 Å². The van der Waals surface area contributed by atoms with Crippen LogP contribution in [0.25, 0.3) is 0 Å². The fourth-order valence-corrected chi connectivity index (χ4v) is 9.05. The van der Waals surface area contributed by atoms with Gasteiger partial charge in [-0.05, 0) is 78.8 Å². The number of carbonyl (C=O) groups is 4. The highest BCUT2D eigenvalue weighted by atomic mass is 35.5. The Balaban J connectivity index is 1.47. The van der Waals surface area contributed by atoms with E-state index < -0.39 is 46.8 Å². The van der Waals surface area contributed by atoms with Gasteiger partial charge in [0.1, 0.15) is 5.75 Å². The van der Waals surface area contributed by atoms with E-state index in [0.29, 0.717) is 47.0 Å². The lowest BCUT2D eigenvalue weighted by molar-refractivity contribution is -0.141. The van der Waals surface area contributed by atoms with Crippen LogP contribution in [-0.2, 0) is 24.6 Å². The van der Waals surface area contributed by atoms with E-state index in [9.17, 15) is 19.5 Å². The van der Waals surface area contributed by atoms with Gasteiger partial charge < -0.3 is 14.6 Å². The second kappa shape index (κ2) is 12.4. The molecule has 2 heterocycles. The van der Waals surface area contributed by atoms with Gasteiger partial charge >= 0.3 is 0 Å². The minimum atomic E-state index is -1.51. The quantitative estimate of drug-likeness (QED) is 0.213. The monoisotopic (exact) mass is 703 g/mol. The van der Waals surface area contributed by atoms with Crippen molar-refractivity contribution in [3.8, 4) is 17.2 Å². The van der Waals surface area contributed by atoms with Crippen LogP contribution in [0.4, 0.5) is 5.69 Å². The van der Waals surface area contributed by atoms with E-state index in [1.54, 1.807) is 55.6 Å². The van der Waals surface area contributed by atoms with Crippen LogP contribution in [0.1, 0.15) is 43.2 Å². The summed E-state index contributed by atoms with van der Waals surface area (Å²) in [4.78, 5) is 59.0. The number of halogens is 2. The van der Waals surface area contributed by atoms with E-state index in [2.05, 4.69) is 5.43 Å². The van der Waals surface area contributed by atoms with Crippen LogP contribution in [-0.4, -0.2) is 59.4 Å². The number of likely N-dealkylation sites (tertiary alicyclic amines) is 1. The molecule has 4 aliphatic rings. The molecular formula is C37H35Cl2N3O7. The number of imide groups is 2. The van der Waals surface area contributed by atoms with Crippen molar-refractivity contribution in [2.45, 2.75) is 37.5 Å². The van der Waals surface area contributed by atoms with Crippen LogP contribution < -0.4 is 14.9 Å². The first-order valence-electron chi connectivity index (χ1n) is 16.2. The molecule has 2 aliphatic carbocycles. The number of nitrogens with one attached hydrogen (secondary N) is 1. The Morgan fingerprint density at radius 1 is 0.918 bits per heavy atom. The molecule has 0 aromatic heterocycles. The number of phenolic OH excluding ortho intramolecular Hbond substituents is 1. The lowest BCUT2D eigenvalue weighted by Crippen LogP contribution is -2.53. The average Bonchev–Trinajstić information content (AvgIpc) is 3.47. The highest BCUT2D eigenvalue weighted by Gasteiger charge is 2.70. The van der Waals surface area contributed by atoms with Gasteiger partial charge in [0.2, 0.25) is 11.8 Å². The van der Waals surface area contributed by atoms with Gasteiger partial charge in [-0.1, -0.05) is 60.0 Å². The average molecular weight is 705 g/mol. The largest absolute Gasteiger partial charge is 0.504 e. The Morgan fingerprint density at radius 2 is 1.67 bits per heavy atom. The fourth-order valence-electron chi connectivity index (χ4n) is 8.60. The maximum Gasteiger partial charge on any atom is 0.260 e. The minimum Gasteiger partial charge on any atom is -0.504 e. The first-order chi connectivity index (χ1) is 23.6. The van der Waals surface area contributed by atoms with E-state index in [0.717, 1.165) is 10.6 Å². The molecule has 12 heteroatoms. The number of hydrogen-bond acceptors (Lipinski definition) is 8. The molecule has 0 spiro atoms. The van der Waals surface area contributed by atoms with Gasteiger partial charge in [-0.25, -0.2) is 0 Å². The standard InChI is InChI=1S/C37H35Cl2N3O7/c1-4-15-41-33(44)24-12-11-23-25(31(24)35(41)46)18-26-34(45)42(40-28-13-8-21(38)17-27(28)39)36(47)37(26,20-6-9-22(48-2)10-7-20)32(23)19-5-14-29(43)30(16-19)49-3/h5-11,13-14,16-17,24-26,31-32,40,43H,4,12,15,18H2,1-3H3/t24-,25+,26-,31-,32-,37+/m0/s1. The maximum atomic E-state index is 15.3. The molecule has 254 valence electrons. The molecule has 10 nitrogen and oxygen atoms in total. The molecule has 49 heavy (non-hydrogen) atoms. The normalized spacial score (nSPS) is 27.4. The summed E-state index contributed by atoms with van der Waals surface area (Å²) in [6, 6.07) is 16.7. The fraction of sp³-hybridized carbons (Fsp3) is 0.351. The third-order valence-electron chi connectivity index (χ3n) is 10.7. The highest BCUT2D eigenvalue weighted by Crippen LogP contribution is 2.64. The molecule has 2 N–H and O–H groups in total. The summed E-state index contributed by atoms with van der Waals surface area (Å²) in [5.74, 6) is -4.26. The van der Waals surface area contributed by atoms with Gasteiger partial charge in [-0.2, -0.15) is 5.01 Å². The second-order valence-corrected chi connectivity index (χ2v) is 13.8. The zero-order chi connectivity index (χ0) is 34.8. The lowest BCUT2D eigenvalue weighted by atomic mass is 9.49. The van der Waals surface area contributed by atoms with Gasteiger partial charge in [0.25, 0.3) is 11.8 Å².